The van der Waals surface area contributed by atoms with Gasteiger partial charge in [0, 0.05) is 5.56 Å². The van der Waals surface area contributed by atoms with Gasteiger partial charge >= 0.3 is 11.9 Å². The molecular formula is C30H32O4. The minimum absolute atomic E-state index is 0.0753. The Morgan fingerprint density at radius 3 is 1.85 bits per heavy atom. The van der Waals surface area contributed by atoms with Crippen molar-refractivity contribution in [1.82, 2.24) is 0 Å². The van der Waals surface area contributed by atoms with Crippen LogP contribution in [0.2, 0.25) is 0 Å². The number of hydrogen-bond acceptors (Lipinski definition) is 4. The Morgan fingerprint density at radius 2 is 1.29 bits per heavy atom. The van der Waals surface area contributed by atoms with Crippen molar-refractivity contribution in [2.24, 2.45) is 0 Å². The SMILES string of the molecule is CCOc1cc2c(cc1-c1ccc(C(=O)OC(=O)c3ccccc3)cc1)C(C)(C)CCC2(C)C. The minimum atomic E-state index is -0.668. The molecule has 0 spiro atoms. The Labute approximate surface area is 201 Å². The zero-order valence-electron chi connectivity index (χ0n) is 20.6. The van der Waals surface area contributed by atoms with Gasteiger partial charge in [-0.25, -0.2) is 9.59 Å². The average molecular weight is 457 g/mol. The third kappa shape index (κ3) is 4.63. The predicted molar refractivity (Wildman–Crippen MR) is 135 cm³/mol. The summed E-state index contributed by atoms with van der Waals surface area (Å²) in [5.74, 6) is -0.479. The molecule has 0 amide bonds. The molecule has 4 nitrogen and oxygen atoms in total. The molecule has 0 aliphatic heterocycles. The molecule has 0 bridgehead atoms. The fraction of sp³-hybridized carbons (Fsp3) is 0.333. The second kappa shape index (κ2) is 9.09. The molecule has 0 radical (unpaired) electrons. The van der Waals surface area contributed by atoms with Gasteiger partial charge in [-0.2, -0.15) is 0 Å². The molecule has 0 aromatic heterocycles. The Morgan fingerprint density at radius 1 is 0.765 bits per heavy atom. The van der Waals surface area contributed by atoms with Crippen molar-refractivity contribution in [3.8, 4) is 16.9 Å². The van der Waals surface area contributed by atoms with E-state index in [1.807, 2.05) is 19.1 Å². The summed E-state index contributed by atoms with van der Waals surface area (Å²) in [5, 5.41) is 0. The maximum atomic E-state index is 12.5. The Hall–Kier alpha value is -3.40. The van der Waals surface area contributed by atoms with Crippen molar-refractivity contribution in [3.05, 3.63) is 89.0 Å². The standard InChI is InChI=1S/C30H32O4/c1-6-33-26-19-25-24(29(2,3)16-17-30(25,4)5)18-23(26)20-12-14-22(15-13-20)28(32)34-27(31)21-10-8-7-9-11-21/h7-15,18-19H,6,16-17H2,1-5H3. The van der Waals surface area contributed by atoms with Crippen LogP contribution in [0.1, 0.15) is 79.3 Å². The molecule has 0 heterocycles. The second-order valence-corrected chi connectivity index (χ2v) is 10.2. The van der Waals surface area contributed by atoms with Crippen LogP contribution in [-0.2, 0) is 15.6 Å². The average Bonchev–Trinajstić information content (AvgIpc) is 2.83. The lowest BCUT2D eigenvalue weighted by Gasteiger charge is -2.42. The maximum Gasteiger partial charge on any atom is 0.346 e. The van der Waals surface area contributed by atoms with Crippen LogP contribution in [0.25, 0.3) is 11.1 Å². The summed E-state index contributed by atoms with van der Waals surface area (Å²) in [6.45, 7) is 11.8. The Balaban J connectivity index is 1.66. The van der Waals surface area contributed by atoms with Crippen LogP contribution < -0.4 is 4.74 Å². The van der Waals surface area contributed by atoms with E-state index >= 15 is 0 Å². The van der Waals surface area contributed by atoms with E-state index in [-0.39, 0.29) is 10.8 Å². The summed E-state index contributed by atoms with van der Waals surface area (Å²) >= 11 is 0. The lowest BCUT2D eigenvalue weighted by Crippen LogP contribution is -2.33. The lowest BCUT2D eigenvalue weighted by molar-refractivity contribution is 0.0398. The van der Waals surface area contributed by atoms with Crippen molar-refractivity contribution in [2.45, 2.75) is 58.3 Å². The molecule has 1 aliphatic rings. The van der Waals surface area contributed by atoms with Gasteiger partial charge in [0.1, 0.15) is 5.75 Å². The normalized spacial score (nSPS) is 15.8. The number of esters is 2. The first-order valence-electron chi connectivity index (χ1n) is 11.9. The van der Waals surface area contributed by atoms with E-state index in [0.29, 0.717) is 17.7 Å². The molecule has 4 rings (SSSR count). The monoisotopic (exact) mass is 456 g/mol. The van der Waals surface area contributed by atoms with Gasteiger partial charge in [0.05, 0.1) is 17.7 Å². The molecule has 0 atom stereocenters. The Kier molecular flexibility index (Phi) is 6.35. The number of rotatable bonds is 5. The highest BCUT2D eigenvalue weighted by Gasteiger charge is 2.38. The van der Waals surface area contributed by atoms with Crippen LogP contribution in [-0.4, -0.2) is 18.5 Å². The quantitative estimate of drug-likeness (QED) is 0.303. The van der Waals surface area contributed by atoms with Crippen molar-refractivity contribution < 1.29 is 19.1 Å². The summed E-state index contributed by atoms with van der Waals surface area (Å²) in [7, 11) is 0. The highest BCUT2D eigenvalue weighted by atomic mass is 16.6. The van der Waals surface area contributed by atoms with Gasteiger partial charge < -0.3 is 9.47 Å². The van der Waals surface area contributed by atoms with E-state index in [2.05, 4.69) is 39.8 Å². The fourth-order valence-corrected chi connectivity index (χ4v) is 4.66. The first-order valence-corrected chi connectivity index (χ1v) is 11.9. The van der Waals surface area contributed by atoms with E-state index in [9.17, 15) is 9.59 Å². The van der Waals surface area contributed by atoms with Crippen LogP contribution in [0, 0.1) is 0 Å². The first-order chi connectivity index (χ1) is 16.1. The third-order valence-corrected chi connectivity index (χ3v) is 6.88. The second-order valence-electron chi connectivity index (χ2n) is 10.2. The summed E-state index contributed by atoms with van der Waals surface area (Å²) in [6.07, 6.45) is 2.26. The first kappa shape index (κ1) is 23.7. The molecule has 0 saturated heterocycles. The van der Waals surface area contributed by atoms with Crippen LogP contribution in [0.5, 0.6) is 5.75 Å². The van der Waals surface area contributed by atoms with Gasteiger partial charge in [-0.1, -0.05) is 58.0 Å². The van der Waals surface area contributed by atoms with Crippen molar-refractivity contribution >= 4 is 11.9 Å². The molecule has 0 fully saturated rings. The molecule has 0 N–H and O–H groups in total. The summed E-state index contributed by atoms with van der Waals surface area (Å²) < 4.78 is 11.1. The van der Waals surface area contributed by atoms with Gasteiger partial charge in [0.15, 0.2) is 0 Å². The number of carbonyl (C=O) groups is 2. The van der Waals surface area contributed by atoms with Gasteiger partial charge in [0.2, 0.25) is 0 Å². The molecule has 4 heteroatoms. The third-order valence-electron chi connectivity index (χ3n) is 6.88. The van der Waals surface area contributed by atoms with Crippen LogP contribution >= 0.6 is 0 Å². The minimum Gasteiger partial charge on any atom is -0.493 e. The molecular weight excluding hydrogens is 424 g/mol. The molecule has 3 aromatic rings. The van der Waals surface area contributed by atoms with E-state index in [1.165, 1.54) is 11.1 Å². The molecule has 34 heavy (non-hydrogen) atoms. The van der Waals surface area contributed by atoms with E-state index in [4.69, 9.17) is 9.47 Å². The van der Waals surface area contributed by atoms with Crippen LogP contribution in [0.15, 0.2) is 66.7 Å². The zero-order valence-corrected chi connectivity index (χ0v) is 20.6. The van der Waals surface area contributed by atoms with Gasteiger partial charge in [-0.15, -0.1) is 0 Å². The molecule has 1 aliphatic carbocycles. The zero-order chi connectivity index (χ0) is 24.5. The maximum absolute atomic E-state index is 12.5. The van der Waals surface area contributed by atoms with Crippen molar-refractivity contribution in [1.29, 1.82) is 0 Å². The Bertz CT molecular complexity index is 1200. The van der Waals surface area contributed by atoms with Crippen molar-refractivity contribution in [3.63, 3.8) is 0 Å². The van der Waals surface area contributed by atoms with E-state index in [1.54, 1.807) is 42.5 Å². The highest BCUT2D eigenvalue weighted by molar-refractivity contribution is 6.02. The molecule has 3 aromatic carbocycles. The molecule has 0 unspecified atom stereocenters. The topological polar surface area (TPSA) is 52.6 Å². The lowest BCUT2D eigenvalue weighted by atomic mass is 9.62. The van der Waals surface area contributed by atoms with Gasteiger partial charge in [0.25, 0.3) is 0 Å². The number of benzene rings is 3. The molecule has 0 saturated carbocycles. The van der Waals surface area contributed by atoms with E-state index < -0.39 is 11.9 Å². The van der Waals surface area contributed by atoms with Gasteiger partial charge in [-0.3, -0.25) is 0 Å². The molecule has 176 valence electrons. The number of hydrogen-bond donors (Lipinski definition) is 0. The van der Waals surface area contributed by atoms with Crippen LogP contribution in [0.4, 0.5) is 0 Å². The predicted octanol–water partition coefficient (Wildman–Crippen LogP) is 7.10. The smallest absolute Gasteiger partial charge is 0.346 e. The number of fused-ring (bicyclic) bond motifs is 1. The van der Waals surface area contributed by atoms with Crippen LogP contribution in [0.3, 0.4) is 0 Å². The number of carbonyl (C=O) groups excluding carboxylic acids is 2. The summed E-state index contributed by atoms with van der Waals surface area (Å²) in [5.41, 5.74) is 5.48. The van der Waals surface area contributed by atoms with Gasteiger partial charge in [-0.05, 0) is 83.7 Å². The van der Waals surface area contributed by atoms with E-state index in [0.717, 1.165) is 29.7 Å². The highest BCUT2D eigenvalue weighted by Crippen LogP contribution is 2.49. The summed E-state index contributed by atoms with van der Waals surface area (Å²) in [6, 6.07) is 20.1. The summed E-state index contributed by atoms with van der Waals surface area (Å²) in [4.78, 5) is 24.7. The van der Waals surface area contributed by atoms with Crippen molar-refractivity contribution in [2.75, 3.05) is 6.61 Å². The number of ether oxygens (including phenoxy) is 2. The largest absolute Gasteiger partial charge is 0.493 e. The fourth-order valence-electron chi connectivity index (χ4n) is 4.66.